The number of dihydropyridines is 1. The standard InChI is InChI=1S/C30H36N10/c1-3-4-5-6-9-21(17-31)28(34)37-27-11-7-14-30(2,38-27)40-20-25(22-10-8-15-35-19-22)29(39-40)36-24-12-13-26(33)23(16-24)18-32/h7-20,31-32,38H,3-6,33H2,1-2H3,(H2,34,37)(H,36,39)/b21-9+,31-17?,32-18?. The first-order valence-corrected chi connectivity index (χ1v) is 13.3. The second-order valence-corrected chi connectivity index (χ2v) is 9.67. The molecule has 0 fully saturated rings. The average Bonchev–Trinajstić information content (AvgIpc) is 3.39. The molecule has 1 unspecified atom stereocenters. The van der Waals surface area contributed by atoms with E-state index >= 15 is 0 Å². The Morgan fingerprint density at radius 2 is 2.10 bits per heavy atom. The molecule has 8 N–H and O–H groups in total. The molecule has 0 saturated carbocycles. The van der Waals surface area contributed by atoms with Crippen LogP contribution in [0.25, 0.3) is 11.1 Å². The quantitative estimate of drug-likeness (QED) is 0.0778. The van der Waals surface area contributed by atoms with Crippen molar-refractivity contribution in [1.82, 2.24) is 20.1 Å². The van der Waals surface area contributed by atoms with E-state index in [0.29, 0.717) is 28.5 Å². The molecule has 1 aliphatic heterocycles. The van der Waals surface area contributed by atoms with Crippen LogP contribution in [0.5, 0.6) is 0 Å². The van der Waals surface area contributed by atoms with Crippen LogP contribution in [-0.4, -0.2) is 33.0 Å². The fraction of sp³-hybridized carbons (Fsp3) is 0.233. The lowest BCUT2D eigenvalue weighted by Crippen LogP contribution is -2.44. The first-order chi connectivity index (χ1) is 19.4. The molecule has 40 heavy (non-hydrogen) atoms. The molecule has 2 aromatic heterocycles. The van der Waals surface area contributed by atoms with Crippen LogP contribution in [0.15, 0.2) is 89.6 Å². The molecular formula is C30H36N10. The third kappa shape index (κ3) is 6.52. The highest BCUT2D eigenvalue weighted by Crippen LogP contribution is 2.32. The molecule has 1 atom stereocenters. The molecule has 0 bridgehead atoms. The van der Waals surface area contributed by atoms with Crippen LogP contribution < -0.4 is 22.1 Å². The predicted molar refractivity (Wildman–Crippen MR) is 164 cm³/mol. The number of unbranched alkanes of at least 4 members (excludes halogenated alkanes) is 3. The first-order valence-electron chi connectivity index (χ1n) is 13.3. The molecule has 10 heteroatoms. The van der Waals surface area contributed by atoms with Crippen molar-refractivity contribution in [2.45, 2.75) is 45.2 Å². The molecule has 1 aliphatic rings. The summed E-state index contributed by atoms with van der Waals surface area (Å²) in [5.74, 6) is 1.46. The fourth-order valence-electron chi connectivity index (χ4n) is 4.30. The number of hydrogen-bond donors (Lipinski definition) is 6. The van der Waals surface area contributed by atoms with Gasteiger partial charge >= 0.3 is 0 Å². The van der Waals surface area contributed by atoms with Gasteiger partial charge in [0, 0.05) is 64.7 Å². The van der Waals surface area contributed by atoms with Gasteiger partial charge in [0.1, 0.15) is 17.3 Å². The van der Waals surface area contributed by atoms with Gasteiger partial charge in [0.15, 0.2) is 5.82 Å². The number of amidine groups is 1. The maximum absolute atomic E-state index is 7.78. The molecule has 206 valence electrons. The van der Waals surface area contributed by atoms with Gasteiger partial charge in [0.05, 0.1) is 0 Å². The molecular weight excluding hydrogens is 500 g/mol. The highest BCUT2D eigenvalue weighted by atomic mass is 15.4. The van der Waals surface area contributed by atoms with E-state index in [0.717, 1.165) is 42.5 Å². The van der Waals surface area contributed by atoms with Crippen molar-refractivity contribution in [1.29, 1.82) is 10.8 Å². The number of nitrogens with two attached hydrogens (primary N) is 2. The number of aliphatic imine (C=N–C) groups is 1. The summed E-state index contributed by atoms with van der Waals surface area (Å²) in [4.78, 5) is 8.87. The normalized spacial score (nSPS) is 17.2. The summed E-state index contributed by atoms with van der Waals surface area (Å²) >= 11 is 0. The number of rotatable bonds is 12. The SMILES string of the molecule is CCCCC/C=C(C=N)/C(N)=N/C1=CC=CC(C)(n2cc(-c3cccnc3)c(Nc3ccc(N)c(C=N)c3)n2)N1. The second-order valence-electron chi connectivity index (χ2n) is 9.67. The Kier molecular flexibility index (Phi) is 8.90. The molecule has 0 saturated heterocycles. The van der Waals surface area contributed by atoms with Crippen molar-refractivity contribution in [3.8, 4) is 11.1 Å². The molecule has 0 spiro atoms. The van der Waals surface area contributed by atoms with Crippen molar-refractivity contribution >= 4 is 35.5 Å². The minimum atomic E-state index is -0.762. The van der Waals surface area contributed by atoms with Gasteiger partial charge in [-0.2, -0.15) is 5.10 Å². The Labute approximate surface area is 234 Å². The monoisotopic (exact) mass is 536 g/mol. The number of aromatic nitrogens is 3. The highest BCUT2D eigenvalue weighted by Gasteiger charge is 2.29. The largest absolute Gasteiger partial charge is 0.398 e. The van der Waals surface area contributed by atoms with Crippen LogP contribution in [0.2, 0.25) is 0 Å². The van der Waals surface area contributed by atoms with Gasteiger partial charge < -0.3 is 32.9 Å². The number of anilines is 3. The number of hydrogen-bond acceptors (Lipinski definition) is 8. The van der Waals surface area contributed by atoms with Crippen LogP contribution in [0, 0.1) is 10.8 Å². The van der Waals surface area contributed by atoms with Gasteiger partial charge in [0.2, 0.25) is 0 Å². The number of nitrogen functional groups attached to an aromatic ring is 1. The summed E-state index contributed by atoms with van der Waals surface area (Å²) in [6.45, 7) is 4.15. The highest BCUT2D eigenvalue weighted by molar-refractivity contribution is 6.13. The van der Waals surface area contributed by atoms with Gasteiger partial charge in [-0.25, -0.2) is 9.67 Å². The topological polar surface area (TPSA) is 167 Å². The third-order valence-corrected chi connectivity index (χ3v) is 6.59. The minimum Gasteiger partial charge on any atom is -0.398 e. The molecule has 0 amide bonds. The van der Waals surface area contributed by atoms with Gasteiger partial charge in [-0.3, -0.25) is 4.98 Å². The summed E-state index contributed by atoms with van der Waals surface area (Å²) < 4.78 is 1.82. The van der Waals surface area contributed by atoms with E-state index < -0.39 is 5.66 Å². The predicted octanol–water partition coefficient (Wildman–Crippen LogP) is 5.46. The molecule has 3 heterocycles. The van der Waals surface area contributed by atoms with Crippen LogP contribution in [0.3, 0.4) is 0 Å². The Morgan fingerprint density at radius 1 is 1.25 bits per heavy atom. The lowest BCUT2D eigenvalue weighted by molar-refractivity contribution is 0.313. The van der Waals surface area contributed by atoms with Crippen molar-refractivity contribution in [3.05, 3.63) is 90.2 Å². The van der Waals surface area contributed by atoms with Crippen molar-refractivity contribution in [2.24, 2.45) is 10.7 Å². The van der Waals surface area contributed by atoms with E-state index in [1.807, 2.05) is 66.4 Å². The van der Waals surface area contributed by atoms with Crippen molar-refractivity contribution in [3.63, 3.8) is 0 Å². The average molecular weight is 537 g/mol. The zero-order valence-corrected chi connectivity index (χ0v) is 22.9. The Balaban J connectivity index is 1.64. The molecule has 0 radical (unpaired) electrons. The van der Waals surface area contributed by atoms with Crippen molar-refractivity contribution < 1.29 is 0 Å². The maximum atomic E-state index is 7.78. The maximum Gasteiger partial charge on any atom is 0.160 e. The van der Waals surface area contributed by atoms with Gasteiger partial charge in [0.25, 0.3) is 0 Å². The first kappa shape index (κ1) is 28.0. The van der Waals surface area contributed by atoms with Crippen LogP contribution in [0.1, 0.15) is 45.1 Å². The Bertz CT molecular complexity index is 1480. The van der Waals surface area contributed by atoms with E-state index in [1.165, 1.54) is 12.4 Å². The molecule has 4 rings (SSSR count). The smallest absolute Gasteiger partial charge is 0.160 e. The third-order valence-electron chi connectivity index (χ3n) is 6.59. The minimum absolute atomic E-state index is 0.284. The van der Waals surface area contributed by atoms with Crippen LogP contribution >= 0.6 is 0 Å². The number of allylic oxidation sites excluding steroid dienone is 3. The van der Waals surface area contributed by atoms with E-state index in [2.05, 4.69) is 27.5 Å². The van der Waals surface area contributed by atoms with Crippen molar-refractivity contribution in [2.75, 3.05) is 11.1 Å². The zero-order valence-electron chi connectivity index (χ0n) is 22.9. The summed E-state index contributed by atoms with van der Waals surface area (Å²) in [7, 11) is 0. The second kappa shape index (κ2) is 12.7. The molecule has 3 aromatic rings. The van der Waals surface area contributed by atoms with Gasteiger partial charge in [-0.15, -0.1) is 0 Å². The summed E-state index contributed by atoms with van der Waals surface area (Å²) in [5.41, 5.74) is 15.7. The van der Waals surface area contributed by atoms with E-state index in [-0.39, 0.29) is 5.84 Å². The van der Waals surface area contributed by atoms with Gasteiger partial charge in [-0.05, 0) is 56.2 Å². The summed E-state index contributed by atoms with van der Waals surface area (Å²) in [6.07, 6.45) is 19.8. The van der Waals surface area contributed by atoms with Gasteiger partial charge in [-0.1, -0.05) is 38.0 Å². The number of benzene rings is 1. The molecule has 10 nitrogen and oxygen atoms in total. The number of nitrogens with zero attached hydrogens (tertiary/aromatic N) is 4. The van der Waals surface area contributed by atoms with Crippen LogP contribution in [-0.2, 0) is 5.66 Å². The molecule has 1 aromatic carbocycles. The number of pyridine rings is 1. The molecule has 0 aliphatic carbocycles. The Morgan fingerprint density at radius 3 is 2.83 bits per heavy atom. The van der Waals surface area contributed by atoms with E-state index in [9.17, 15) is 0 Å². The van der Waals surface area contributed by atoms with Crippen LogP contribution in [0.4, 0.5) is 17.2 Å². The Hall–Kier alpha value is -4.99. The number of nitrogens with one attached hydrogen (secondary N) is 4. The van der Waals surface area contributed by atoms with E-state index in [1.54, 1.807) is 18.5 Å². The van der Waals surface area contributed by atoms with E-state index in [4.69, 9.17) is 27.4 Å². The summed E-state index contributed by atoms with van der Waals surface area (Å²) in [5, 5.41) is 27.1. The lowest BCUT2D eigenvalue weighted by atomic mass is 10.1. The fourth-order valence-corrected chi connectivity index (χ4v) is 4.30. The summed E-state index contributed by atoms with van der Waals surface area (Å²) in [6, 6.07) is 9.27. The zero-order chi connectivity index (χ0) is 28.5. The lowest BCUT2D eigenvalue weighted by Gasteiger charge is -2.31.